The molecule has 0 saturated heterocycles. The Morgan fingerprint density at radius 1 is 1.35 bits per heavy atom. The van der Waals surface area contributed by atoms with Gasteiger partial charge in [0.25, 0.3) is 0 Å². The Kier molecular flexibility index (Phi) is 4.74. The van der Waals surface area contributed by atoms with Crippen LogP contribution in [-0.2, 0) is 0 Å². The van der Waals surface area contributed by atoms with Crippen LogP contribution < -0.4 is 16.0 Å². The van der Waals surface area contributed by atoms with E-state index in [1.165, 1.54) is 5.56 Å². The zero-order valence-electron chi connectivity index (χ0n) is 13.2. The Bertz CT molecular complexity index is 689. The zero-order chi connectivity index (χ0) is 16.1. The number of rotatable bonds is 5. The molecule has 1 aliphatic rings. The van der Waals surface area contributed by atoms with Gasteiger partial charge in [0.1, 0.15) is 5.82 Å². The van der Waals surface area contributed by atoms with Crippen molar-refractivity contribution in [3.05, 3.63) is 53.7 Å². The fraction of sp³-hybridized carbons (Fsp3) is 0.333. The first-order chi connectivity index (χ1) is 11.3. The van der Waals surface area contributed by atoms with Crippen LogP contribution in [0.25, 0.3) is 0 Å². The molecule has 0 fully saturated rings. The highest BCUT2D eigenvalue weighted by molar-refractivity contribution is 5.66. The van der Waals surface area contributed by atoms with Gasteiger partial charge in [-0.3, -0.25) is 0 Å². The van der Waals surface area contributed by atoms with Gasteiger partial charge < -0.3 is 16.0 Å². The smallest absolute Gasteiger partial charge is 0.149 e. The third-order valence-corrected chi connectivity index (χ3v) is 4.14. The van der Waals surface area contributed by atoms with Crippen molar-refractivity contribution in [1.82, 2.24) is 10.3 Å². The lowest BCUT2D eigenvalue weighted by atomic mass is 10.00. The van der Waals surface area contributed by atoms with Crippen LogP contribution in [0, 0.1) is 11.3 Å². The molecule has 1 aromatic carbocycles. The Hall–Kier alpha value is -2.58. The Labute approximate surface area is 136 Å². The zero-order valence-corrected chi connectivity index (χ0v) is 13.2. The number of hydrogen-bond donors (Lipinski definition) is 3. The van der Waals surface area contributed by atoms with Crippen LogP contribution in [0.5, 0.6) is 0 Å². The average molecular weight is 307 g/mol. The van der Waals surface area contributed by atoms with Crippen LogP contribution in [0.1, 0.15) is 24.0 Å². The van der Waals surface area contributed by atoms with E-state index in [0.717, 1.165) is 31.1 Å². The number of nitriles is 1. The number of nitrogens with one attached hydrogen (secondary N) is 3. The predicted octanol–water partition coefficient (Wildman–Crippen LogP) is 2.55. The summed E-state index contributed by atoms with van der Waals surface area (Å²) in [4.78, 5) is 4.35. The molecule has 2 aromatic rings. The fourth-order valence-electron chi connectivity index (χ4n) is 2.74. The molecular formula is C18H21N5. The summed E-state index contributed by atoms with van der Waals surface area (Å²) in [6.07, 6.45) is 1.80. The van der Waals surface area contributed by atoms with Crippen molar-refractivity contribution in [2.45, 2.75) is 18.9 Å². The van der Waals surface area contributed by atoms with Gasteiger partial charge in [0.2, 0.25) is 0 Å². The highest BCUT2D eigenvalue weighted by atomic mass is 15.1. The van der Waals surface area contributed by atoms with E-state index in [2.05, 4.69) is 33.9 Å². The molecule has 2 atom stereocenters. The lowest BCUT2D eigenvalue weighted by molar-refractivity contribution is 0.572. The summed E-state index contributed by atoms with van der Waals surface area (Å²) in [6.45, 7) is 4.86. The molecule has 0 radical (unpaired) electrons. The number of nitrogens with zero attached hydrogens (tertiary/aromatic N) is 2. The summed E-state index contributed by atoms with van der Waals surface area (Å²) in [7, 11) is 0. The largest absolute Gasteiger partial charge is 0.380 e. The Balaban J connectivity index is 1.47. The van der Waals surface area contributed by atoms with Crippen LogP contribution >= 0.6 is 0 Å². The fourth-order valence-corrected chi connectivity index (χ4v) is 2.74. The van der Waals surface area contributed by atoms with Crippen LogP contribution in [0.15, 0.2) is 42.6 Å². The Morgan fingerprint density at radius 2 is 2.17 bits per heavy atom. The van der Waals surface area contributed by atoms with E-state index in [0.29, 0.717) is 17.5 Å². The summed E-state index contributed by atoms with van der Waals surface area (Å²) in [5, 5.41) is 19.2. The van der Waals surface area contributed by atoms with Crippen molar-refractivity contribution in [1.29, 1.82) is 5.26 Å². The second-order valence-corrected chi connectivity index (χ2v) is 5.91. The number of anilines is 2. The van der Waals surface area contributed by atoms with Crippen molar-refractivity contribution < 1.29 is 0 Å². The minimum Gasteiger partial charge on any atom is -0.380 e. The SMILES string of the molecule is CC(CNC[C@@H]1CNc2cccnc2N1)c1ccc(C#N)cc1. The maximum atomic E-state index is 8.84. The molecule has 1 aromatic heterocycles. The van der Waals surface area contributed by atoms with E-state index in [1.807, 2.05) is 36.4 Å². The van der Waals surface area contributed by atoms with Gasteiger partial charge in [0, 0.05) is 25.8 Å². The monoisotopic (exact) mass is 307 g/mol. The third-order valence-electron chi connectivity index (χ3n) is 4.14. The van der Waals surface area contributed by atoms with Gasteiger partial charge in [-0.25, -0.2) is 4.98 Å². The standard InChI is InChI=1S/C18H21N5/c1-13(15-6-4-14(9-19)5-7-15)10-20-11-16-12-22-17-3-2-8-21-18(17)23-16/h2-8,13,16,20,22H,10-12H2,1H3,(H,21,23)/t13?,16-/m1/s1. The molecule has 3 rings (SSSR count). The molecule has 23 heavy (non-hydrogen) atoms. The number of fused-ring (bicyclic) bond motifs is 1. The van der Waals surface area contributed by atoms with Gasteiger partial charge in [-0.1, -0.05) is 19.1 Å². The summed E-state index contributed by atoms with van der Waals surface area (Å²) in [5.74, 6) is 1.33. The lowest BCUT2D eigenvalue weighted by Gasteiger charge is -2.28. The van der Waals surface area contributed by atoms with Gasteiger partial charge in [-0.15, -0.1) is 0 Å². The number of benzene rings is 1. The topological polar surface area (TPSA) is 72.8 Å². The van der Waals surface area contributed by atoms with Crippen molar-refractivity contribution in [2.75, 3.05) is 30.3 Å². The average Bonchev–Trinajstić information content (AvgIpc) is 2.61. The molecule has 5 nitrogen and oxygen atoms in total. The minimum atomic E-state index is 0.325. The maximum absolute atomic E-state index is 8.84. The maximum Gasteiger partial charge on any atom is 0.149 e. The van der Waals surface area contributed by atoms with E-state index < -0.39 is 0 Å². The normalized spacial score (nSPS) is 17.3. The molecule has 2 heterocycles. The number of aromatic nitrogens is 1. The molecule has 1 aliphatic heterocycles. The molecule has 0 saturated carbocycles. The predicted molar refractivity (Wildman–Crippen MR) is 92.6 cm³/mol. The summed E-state index contributed by atoms with van der Waals surface area (Å²) < 4.78 is 0. The van der Waals surface area contributed by atoms with Crippen LogP contribution in [-0.4, -0.2) is 30.7 Å². The first-order valence-corrected chi connectivity index (χ1v) is 7.92. The molecule has 118 valence electrons. The quantitative estimate of drug-likeness (QED) is 0.792. The molecular weight excluding hydrogens is 286 g/mol. The second-order valence-electron chi connectivity index (χ2n) is 5.91. The molecule has 0 bridgehead atoms. The highest BCUT2D eigenvalue weighted by Gasteiger charge is 2.17. The summed E-state index contributed by atoms with van der Waals surface area (Å²) in [5.41, 5.74) is 3.02. The van der Waals surface area contributed by atoms with Crippen LogP contribution in [0.2, 0.25) is 0 Å². The molecule has 0 spiro atoms. The van der Waals surface area contributed by atoms with Crippen molar-refractivity contribution in [2.24, 2.45) is 0 Å². The molecule has 0 aliphatic carbocycles. The van der Waals surface area contributed by atoms with Crippen molar-refractivity contribution in [3.63, 3.8) is 0 Å². The minimum absolute atomic E-state index is 0.325. The van der Waals surface area contributed by atoms with Gasteiger partial charge >= 0.3 is 0 Å². The number of pyridine rings is 1. The van der Waals surface area contributed by atoms with E-state index in [9.17, 15) is 0 Å². The lowest BCUT2D eigenvalue weighted by Crippen LogP contribution is -2.42. The molecule has 0 amide bonds. The van der Waals surface area contributed by atoms with Crippen LogP contribution in [0.3, 0.4) is 0 Å². The van der Waals surface area contributed by atoms with Crippen LogP contribution in [0.4, 0.5) is 11.5 Å². The van der Waals surface area contributed by atoms with E-state index in [-0.39, 0.29) is 0 Å². The van der Waals surface area contributed by atoms with Gasteiger partial charge in [0.15, 0.2) is 0 Å². The molecule has 5 heteroatoms. The number of hydrogen-bond acceptors (Lipinski definition) is 5. The van der Waals surface area contributed by atoms with Gasteiger partial charge in [0.05, 0.1) is 23.4 Å². The first kappa shape index (κ1) is 15.3. The van der Waals surface area contributed by atoms with Gasteiger partial charge in [-0.05, 0) is 35.7 Å². The van der Waals surface area contributed by atoms with Crippen molar-refractivity contribution in [3.8, 4) is 6.07 Å². The second kappa shape index (κ2) is 7.12. The van der Waals surface area contributed by atoms with E-state index in [4.69, 9.17) is 5.26 Å². The first-order valence-electron chi connectivity index (χ1n) is 7.92. The van der Waals surface area contributed by atoms with E-state index in [1.54, 1.807) is 6.20 Å². The molecule has 3 N–H and O–H groups in total. The van der Waals surface area contributed by atoms with E-state index >= 15 is 0 Å². The summed E-state index contributed by atoms with van der Waals surface area (Å²) in [6, 6.07) is 14.3. The Morgan fingerprint density at radius 3 is 2.96 bits per heavy atom. The van der Waals surface area contributed by atoms with Gasteiger partial charge in [-0.2, -0.15) is 5.26 Å². The third kappa shape index (κ3) is 3.79. The summed E-state index contributed by atoms with van der Waals surface area (Å²) >= 11 is 0. The van der Waals surface area contributed by atoms with Crippen molar-refractivity contribution >= 4 is 11.5 Å². The molecule has 1 unspecified atom stereocenters. The highest BCUT2D eigenvalue weighted by Crippen LogP contribution is 2.22.